The molecule has 0 bridgehead atoms. The molecule has 0 aliphatic heterocycles. The van der Waals surface area contributed by atoms with Crippen molar-refractivity contribution in [3.05, 3.63) is 77.2 Å². The lowest BCUT2D eigenvalue weighted by Crippen LogP contribution is -2.32. The normalized spacial score (nSPS) is 13.2. The molecule has 1 aromatic heterocycles. The van der Waals surface area contributed by atoms with Crippen LogP contribution in [0, 0.1) is 6.92 Å². The molecule has 0 aliphatic rings. The van der Waals surface area contributed by atoms with Gasteiger partial charge in [0.15, 0.2) is 9.84 Å². The first kappa shape index (κ1) is 21.5. The first-order valence-corrected chi connectivity index (χ1v) is 12.6. The molecule has 1 atom stereocenters. The Hall–Kier alpha value is -2.20. The van der Waals surface area contributed by atoms with Crippen LogP contribution in [-0.4, -0.2) is 30.5 Å². The molecule has 6 nitrogen and oxygen atoms in total. The highest BCUT2D eigenvalue weighted by Gasteiger charge is 2.31. The van der Waals surface area contributed by atoms with Crippen LogP contribution in [0.2, 0.25) is 0 Å². The van der Waals surface area contributed by atoms with Gasteiger partial charge in [0, 0.05) is 6.54 Å². The van der Waals surface area contributed by atoms with Crippen molar-refractivity contribution < 1.29 is 21.6 Å². The van der Waals surface area contributed by atoms with Gasteiger partial charge in [-0.15, -0.1) is 11.3 Å². The maximum atomic E-state index is 13.2. The Labute approximate surface area is 175 Å². The summed E-state index contributed by atoms with van der Waals surface area (Å²) in [6.07, 6.45) is 0. The molecule has 0 saturated carbocycles. The van der Waals surface area contributed by atoms with Crippen LogP contribution in [0.4, 0.5) is 0 Å². The minimum Gasteiger partial charge on any atom is -0.497 e. The van der Waals surface area contributed by atoms with Crippen LogP contribution in [0.25, 0.3) is 0 Å². The molecule has 1 heterocycles. The van der Waals surface area contributed by atoms with Gasteiger partial charge in [-0.3, -0.25) is 0 Å². The van der Waals surface area contributed by atoms with E-state index in [1.807, 2.05) is 0 Å². The van der Waals surface area contributed by atoms with Crippen molar-refractivity contribution in [3.8, 4) is 5.75 Å². The maximum Gasteiger partial charge on any atom is 0.240 e. The topological polar surface area (TPSA) is 89.5 Å². The van der Waals surface area contributed by atoms with E-state index in [4.69, 9.17) is 4.74 Å². The summed E-state index contributed by atoms with van der Waals surface area (Å²) in [5.74, 6) is 0.545. The van der Waals surface area contributed by atoms with Crippen LogP contribution in [-0.2, 0) is 19.9 Å². The zero-order chi connectivity index (χ0) is 21.1. The third-order valence-electron chi connectivity index (χ3n) is 4.45. The molecule has 0 saturated heterocycles. The molecule has 9 heteroatoms. The van der Waals surface area contributed by atoms with Gasteiger partial charge in [0.25, 0.3) is 0 Å². The van der Waals surface area contributed by atoms with E-state index in [0.29, 0.717) is 16.9 Å². The van der Waals surface area contributed by atoms with Crippen molar-refractivity contribution in [1.82, 2.24) is 4.72 Å². The molecule has 0 amide bonds. The Kier molecular flexibility index (Phi) is 6.42. The molecule has 0 spiro atoms. The zero-order valence-electron chi connectivity index (χ0n) is 15.9. The molecular weight excluding hydrogens is 430 g/mol. The number of nitrogens with one attached hydrogen (secondary N) is 1. The molecule has 3 aromatic rings. The fourth-order valence-electron chi connectivity index (χ4n) is 2.95. The van der Waals surface area contributed by atoms with Gasteiger partial charge in [0.05, 0.1) is 12.0 Å². The van der Waals surface area contributed by atoms with Crippen LogP contribution >= 0.6 is 11.3 Å². The van der Waals surface area contributed by atoms with Crippen LogP contribution in [0.1, 0.15) is 16.4 Å². The van der Waals surface area contributed by atoms with Crippen molar-refractivity contribution in [1.29, 1.82) is 0 Å². The maximum absolute atomic E-state index is 13.2. The molecule has 154 valence electrons. The van der Waals surface area contributed by atoms with Crippen LogP contribution in [0.3, 0.4) is 0 Å². The summed E-state index contributed by atoms with van der Waals surface area (Å²) in [6, 6.07) is 16.4. The van der Waals surface area contributed by atoms with E-state index in [9.17, 15) is 16.8 Å². The van der Waals surface area contributed by atoms with Gasteiger partial charge < -0.3 is 4.74 Å². The molecule has 1 N–H and O–H groups in total. The lowest BCUT2D eigenvalue weighted by atomic mass is 10.1. The summed E-state index contributed by atoms with van der Waals surface area (Å²) in [7, 11) is -6.18. The van der Waals surface area contributed by atoms with E-state index < -0.39 is 25.1 Å². The Morgan fingerprint density at radius 2 is 1.72 bits per heavy atom. The minimum atomic E-state index is -3.91. The number of benzene rings is 2. The van der Waals surface area contributed by atoms with Crippen molar-refractivity contribution in [2.75, 3.05) is 13.7 Å². The van der Waals surface area contributed by atoms with Crippen LogP contribution in [0.15, 0.2) is 75.1 Å². The second-order valence-electron chi connectivity index (χ2n) is 6.36. The first-order chi connectivity index (χ1) is 13.8. The standard InChI is InChI=1S/C20H21NO5S3/c1-15-13-17(26-2)10-11-18(15)29(24,25)21-14-19(16-7-4-3-5-8-16)28(22,23)20-9-6-12-27-20/h3-13,19,21H,14H2,1-2H3/t19-/m1/s1. The summed E-state index contributed by atoms with van der Waals surface area (Å²) < 4.78 is 59.8. The number of thiophene rings is 1. The predicted octanol–water partition coefficient (Wildman–Crippen LogP) is 3.56. The average molecular weight is 452 g/mol. The highest BCUT2D eigenvalue weighted by atomic mass is 32.2. The fraction of sp³-hybridized carbons (Fsp3) is 0.200. The van der Waals surface area contributed by atoms with Gasteiger partial charge >= 0.3 is 0 Å². The molecule has 2 aromatic carbocycles. The van der Waals surface area contributed by atoms with Crippen molar-refractivity contribution in [2.45, 2.75) is 21.3 Å². The summed E-state index contributed by atoms with van der Waals surface area (Å²) >= 11 is 1.11. The molecule has 0 radical (unpaired) electrons. The van der Waals surface area contributed by atoms with E-state index in [0.717, 1.165) is 11.3 Å². The summed E-state index contributed by atoms with van der Waals surface area (Å²) in [5, 5.41) is 0.635. The van der Waals surface area contributed by atoms with Gasteiger partial charge in [-0.1, -0.05) is 36.4 Å². The summed E-state index contributed by atoms with van der Waals surface area (Å²) in [4.78, 5) is 0.0821. The van der Waals surface area contributed by atoms with Gasteiger partial charge in [-0.25, -0.2) is 21.6 Å². The lowest BCUT2D eigenvalue weighted by Gasteiger charge is -2.19. The Bertz CT molecular complexity index is 1170. The fourth-order valence-corrected chi connectivity index (χ4v) is 7.20. The second kappa shape index (κ2) is 8.66. The van der Waals surface area contributed by atoms with E-state index in [2.05, 4.69) is 4.72 Å². The van der Waals surface area contributed by atoms with Crippen molar-refractivity contribution in [3.63, 3.8) is 0 Å². The molecule has 0 aliphatic carbocycles. The first-order valence-electron chi connectivity index (χ1n) is 8.72. The smallest absolute Gasteiger partial charge is 0.240 e. The highest BCUT2D eigenvalue weighted by molar-refractivity contribution is 7.93. The van der Waals surface area contributed by atoms with Gasteiger partial charge in [-0.2, -0.15) is 0 Å². The van der Waals surface area contributed by atoms with Gasteiger partial charge in [-0.05, 0) is 47.7 Å². The van der Waals surface area contributed by atoms with E-state index in [-0.39, 0.29) is 15.6 Å². The number of sulfone groups is 1. The number of sulfonamides is 1. The molecular formula is C20H21NO5S3. The Morgan fingerprint density at radius 1 is 1.00 bits per heavy atom. The van der Waals surface area contributed by atoms with E-state index in [1.54, 1.807) is 60.8 Å². The van der Waals surface area contributed by atoms with E-state index >= 15 is 0 Å². The number of rotatable bonds is 8. The molecule has 3 rings (SSSR count). The SMILES string of the molecule is COc1ccc(S(=O)(=O)NC[C@H](c2ccccc2)S(=O)(=O)c2cccs2)c(C)c1. The Balaban J connectivity index is 1.93. The third kappa shape index (κ3) is 4.69. The second-order valence-corrected chi connectivity index (χ2v) is 11.4. The van der Waals surface area contributed by atoms with Crippen LogP contribution < -0.4 is 9.46 Å². The number of hydrogen-bond acceptors (Lipinski definition) is 6. The van der Waals surface area contributed by atoms with Crippen LogP contribution in [0.5, 0.6) is 5.75 Å². The van der Waals surface area contributed by atoms with Crippen molar-refractivity contribution >= 4 is 31.2 Å². The van der Waals surface area contributed by atoms with Gasteiger partial charge in [0.1, 0.15) is 15.2 Å². The lowest BCUT2D eigenvalue weighted by molar-refractivity contribution is 0.414. The number of aryl methyl sites for hydroxylation is 1. The third-order valence-corrected chi connectivity index (χ3v) is 9.57. The van der Waals surface area contributed by atoms with E-state index in [1.165, 1.54) is 19.2 Å². The highest BCUT2D eigenvalue weighted by Crippen LogP contribution is 2.31. The largest absolute Gasteiger partial charge is 0.497 e. The Morgan fingerprint density at radius 3 is 2.31 bits per heavy atom. The minimum absolute atomic E-state index is 0.0821. The van der Waals surface area contributed by atoms with Crippen molar-refractivity contribution in [2.24, 2.45) is 0 Å². The average Bonchev–Trinajstić information content (AvgIpc) is 3.24. The predicted molar refractivity (Wildman–Crippen MR) is 114 cm³/mol. The quantitative estimate of drug-likeness (QED) is 0.566. The monoisotopic (exact) mass is 451 g/mol. The molecule has 0 fully saturated rings. The number of hydrogen-bond donors (Lipinski definition) is 1. The van der Waals surface area contributed by atoms with Gasteiger partial charge in [0.2, 0.25) is 10.0 Å². The number of ether oxygens (including phenoxy) is 1. The molecule has 0 unspecified atom stereocenters. The summed E-state index contributed by atoms with van der Waals surface area (Å²) in [6.45, 7) is 1.38. The zero-order valence-corrected chi connectivity index (χ0v) is 18.4. The number of methoxy groups -OCH3 is 1. The summed E-state index contributed by atoms with van der Waals surface area (Å²) in [5.41, 5.74) is 1.03. The molecule has 29 heavy (non-hydrogen) atoms.